The number of hydrogen-bond donors (Lipinski definition) is 3. The zero-order valence-corrected chi connectivity index (χ0v) is 23.0. The van der Waals surface area contributed by atoms with Crippen molar-refractivity contribution in [3.8, 4) is 11.5 Å². The van der Waals surface area contributed by atoms with E-state index in [4.69, 9.17) is 14.2 Å². The molecular weight excluding hydrogens is 482 g/mol. The van der Waals surface area contributed by atoms with Crippen LogP contribution in [0.4, 0.5) is 4.79 Å². The molecule has 1 aromatic rings. The molecule has 3 amide bonds. The molecule has 11 nitrogen and oxygen atoms in total. The lowest BCUT2D eigenvalue weighted by molar-refractivity contribution is -0.142. The summed E-state index contributed by atoms with van der Waals surface area (Å²) in [5, 5.41) is 14.6. The van der Waals surface area contributed by atoms with Gasteiger partial charge in [0.25, 0.3) is 0 Å². The van der Waals surface area contributed by atoms with Gasteiger partial charge in [-0.05, 0) is 51.7 Å². The van der Waals surface area contributed by atoms with Crippen molar-refractivity contribution in [3.63, 3.8) is 0 Å². The van der Waals surface area contributed by atoms with E-state index in [2.05, 4.69) is 10.6 Å². The van der Waals surface area contributed by atoms with Gasteiger partial charge in [0, 0.05) is 31.6 Å². The van der Waals surface area contributed by atoms with Crippen LogP contribution >= 0.6 is 0 Å². The number of nitrogens with zero attached hydrogens (tertiary/aromatic N) is 1. The van der Waals surface area contributed by atoms with Crippen LogP contribution in [0.3, 0.4) is 0 Å². The fourth-order valence-electron chi connectivity index (χ4n) is 3.47. The van der Waals surface area contributed by atoms with Crippen molar-refractivity contribution < 1.29 is 38.5 Å². The highest BCUT2D eigenvalue weighted by atomic mass is 16.6. The summed E-state index contributed by atoms with van der Waals surface area (Å²) in [5.74, 6) is -1.02. The van der Waals surface area contributed by atoms with Gasteiger partial charge in [-0.2, -0.15) is 0 Å². The molecule has 37 heavy (non-hydrogen) atoms. The quantitative estimate of drug-likeness (QED) is 0.358. The third-order valence-corrected chi connectivity index (χ3v) is 5.30. The van der Waals surface area contributed by atoms with E-state index >= 15 is 0 Å². The van der Waals surface area contributed by atoms with Gasteiger partial charge in [0.15, 0.2) is 0 Å². The van der Waals surface area contributed by atoms with E-state index in [9.17, 15) is 24.3 Å². The molecule has 0 unspecified atom stereocenters. The van der Waals surface area contributed by atoms with Gasteiger partial charge in [-0.15, -0.1) is 0 Å². The minimum Gasteiger partial charge on any atom is -0.497 e. The van der Waals surface area contributed by atoms with Crippen LogP contribution in [0, 0.1) is 5.92 Å². The number of rotatable bonds is 13. The topological polar surface area (TPSA) is 144 Å². The molecule has 1 aromatic carbocycles. The second kappa shape index (κ2) is 14.3. The molecule has 2 atom stereocenters. The maximum atomic E-state index is 12.9. The van der Waals surface area contributed by atoms with Crippen LogP contribution < -0.4 is 20.1 Å². The second-order valence-corrected chi connectivity index (χ2v) is 10.2. The average Bonchev–Trinajstić information content (AvgIpc) is 2.79. The number of carboxylic acids is 1. The van der Waals surface area contributed by atoms with Crippen molar-refractivity contribution in [2.24, 2.45) is 5.92 Å². The minimum atomic E-state index is -1.31. The fourth-order valence-corrected chi connectivity index (χ4v) is 3.47. The Morgan fingerprint density at radius 1 is 1.03 bits per heavy atom. The highest BCUT2D eigenvalue weighted by molar-refractivity contribution is 5.89. The molecule has 3 N–H and O–H groups in total. The first-order valence-electron chi connectivity index (χ1n) is 12.1. The Hall–Kier alpha value is -3.50. The van der Waals surface area contributed by atoms with Crippen LogP contribution in [0.25, 0.3) is 0 Å². The van der Waals surface area contributed by atoms with Gasteiger partial charge in [-0.3, -0.25) is 9.59 Å². The molecule has 0 saturated heterocycles. The Morgan fingerprint density at radius 2 is 1.68 bits per heavy atom. The molecule has 0 spiro atoms. The molecule has 0 bridgehead atoms. The van der Waals surface area contributed by atoms with Crippen LogP contribution in [-0.2, 0) is 25.7 Å². The number of carbonyl (C=O) groups is 4. The number of nitrogens with one attached hydrogen (secondary N) is 2. The second-order valence-electron chi connectivity index (χ2n) is 10.2. The predicted molar refractivity (Wildman–Crippen MR) is 137 cm³/mol. The van der Waals surface area contributed by atoms with Crippen LogP contribution in [0.5, 0.6) is 11.5 Å². The Morgan fingerprint density at radius 3 is 2.19 bits per heavy atom. The van der Waals surface area contributed by atoms with E-state index < -0.39 is 35.7 Å². The number of aliphatic carboxylic acids is 1. The summed E-state index contributed by atoms with van der Waals surface area (Å²) in [6, 6.07) is 2.95. The zero-order chi connectivity index (χ0) is 28.3. The normalized spacial score (nSPS) is 12.8. The summed E-state index contributed by atoms with van der Waals surface area (Å²) in [7, 11) is 4.66. The minimum absolute atomic E-state index is 0.0409. The molecule has 0 aromatic heterocycles. The molecular formula is C26H41N3O8. The van der Waals surface area contributed by atoms with Crippen LogP contribution in [0.2, 0.25) is 0 Å². The van der Waals surface area contributed by atoms with Gasteiger partial charge in [-0.25, -0.2) is 9.59 Å². The molecule has 0 aliphatic carbocycles. The largest absolute Gasteiger partial charge is 0.497 e. The number of carboxylic acid groups (broad SMARTS) is 1. The maximum Gasteiger partial charge on any atom is 0.408 e. The van der Waals surface area contributed by atoms with E-state index in [0.29, 0.717) is 11.5 Å². The summed E-state index contributed by atoms with van der Waals surface area (Å²) in [5.41, 5.74) is 0.00127. The van der Waals surface area contributed by atoms with Gasteiger partial charge >= 0.3 is 12.1 Å². The number of alkyl carbamates (subject to hydrolysis) is 1. The molecule has 0 saturated carbocycles. The lowest BCUT2D eigenvalue weighted by Crippen LogP contribution is -2.52. The van der Waals surface area contributed by atoms with Crippen LogP contribution in [0.15, 0.2) is 18.2 Å². The number of amides is 3. The zero-order valence-electron chi connectivity index (χ0n) is 23.0. The SMILES string of the molecule is COc1ccc(CN(C)C(=O)CC[C@H](NC(=O)[C@H](CC(C)C)NC(=O)OC(C)(C)C)C(=O)O)c(OC)c1. The molecule has 0 radical (unpaired) electrons. The standard InChI is InChI=1S/C26H41N3O8/c1-16(2)13-20(28-25(34)37-26(3,4)5)23(31)27-19(24(32)33)11-12-22(30)29(6)15-17-9-10-18(35-7)14-21(17)36-8/h9-10,14,16,19-20H,11-13,15H2,1-8H3,(H,27,31)(H,28,34)(H,32,33)/t19-,20-/m0/s1. The van der Waals surface area contributed by atoms with Gasteiger partial charge < -0.3 is 34.9 Å². The van der Waals surface area contributed by atoms with Gasteiger partial charge in [-0.1, -0.05) is 13.8 Å². The van der Waals surface area contributed by atoms with Crippen molar-refractivity contribution in [1.29, 1.82) is 0 Å². The summed E-state index contributed by atoms with van der Waals surface area (Å²) < 4.78 is 15.8. The highest BCUT2D eigenvalue weighted by Gasteiger charge is 2.29. The molecule has 0 aliphatic heterocycles. The van der Waals surface area contributed by atoms with Crippen molar-refractivity contribution in [2.75, 3.05) is 21.3 Å². The first-order chi connectivity index (χ1) is 17.2. The van der Waals surface area contributed by atoms with Crippen molar-refractivity contribution >= 4 is 23.9 Å². The number of hydrogen-bond acceptors (Lipinski definition) is 7. The third kappa shape index (κ3) is 11.4. The van der Waals surface area contributed by atoms with E-state index in [0.717, 1.165) is 5.56 Å². The number of ether oxygens (including phenoxy) is 3. The monoisotopic (exact) mass is 523 g/mol. The van der Waals surface area contributed by atoms with E-state index in [1.807, 2.05) is 13.8 Å². The number of methoxy groups -OCH3 is 2. The Labute approximate surface area is 218 Å². The van der Waals surface area contributed by atoms with Crippen molar-refractivity contribution in [1.82, 2.24) is 15.5 Å². The molecule has 0 aliphatic rings. The lowest BCUT2D eigenvalue weighted by Gasteiger charge is -2.25. The first-order valence-corrected chi connectivity index (χ1v) is 12.1. The molecule has 0 heterocycles. The van der Waals surface area contributed by atoms with Crippen LogP contribution in [-0.4, -0.2) is 72.8 Å². The molecule has 0 fully saturated rings. The van der Waals surface area contributed by atoms with Crippen molar-refractivity contribution in [2.45, 2.75) is 78.1 Å². The number of carbonyl (C=O) groups excluding carboxylic acids is 3. The summed E-state index contributed by atoms with van der Waals surface area (Å²) in [6.07, 6.45) is -0.723. The Bertz CT molecular complexity index is 942. The van der Waals surface area contributed by atoms with E-state index in [-0.39, 0.29) is 37.6 Å². The highest BCUT2D eigenvalue weighted by Crippen LogP contribution is 2.25. The Kier molecular flexibility index (Phi) is 12.2. The first kappa shape index (κ1) is 31.5. The van der Waals surface area contributed by atoms with Gasteiger partial charge in [0.1, 0.15) is 29.2 Å². The maximum absolute atomic E-state index is 12.9. The summed E-state index contributed by atoms with van der Waals surface area (Å²) in [6.45, 7) is 9.08. The Balaban J connectivity index is 2.81. The smallest absolute Gasteiger partial charge is 0.408 e. The van der Waals surface area contributed by atoms with Crippen LogP contribution in [0.1, 0.15) is 59.4 Å². The lowest BCUT2D eigenvalue weighted by atomic mass is 10.0. The summed E-state index contributed by atoms with van der Waals surface area (Å²) in [4.78, 5) is 51.1. The van der Waals surface area contributed by atoms with E-state index in [1.165, 1.54) is 12.0 Å². The fraction of sp³-hybridized carbons (Fsp3) is 0.615. The molecule has 11 heteroatoms. The van der Waals surface area contributed by atoms with Gasteiger partial charge in [0.2, 0.25) is 11.8 Å². The van der Waals surface area contributed by atoms with Crippen molar-refractivity contribution in [3.05, 3.63) is 23.8 Å². The molecule has 1 rings (SSSR count). The third-order valence-electron chi connectivity index (χ3n) is 5.30. The predicted octanol–water partition coefficient (Wildman–Crippen LogP) is 2.95. The van der Waals surface area contributed by atoms with E-state index in [1.54, 1.807) is 53.1 Å². The average molecular weight is 524 g/mol. The summed E-state index contributed by atoms with van der Waals surface area (Å²) >= 11 is 0. The molecule has 208 valence electrons. The van der Waals surface area contributed by atoms with Gasteiger partial charge in [0.05, 0.1) is 14.2 Å². The number of benzene rings is 1.